The van der Waals surface area contributed by atoms with Gasteiger partial charge in [-0.05, 0) is 123 Å². The Kier molecular flexibility index (Phi) is 23.3. The summed E-state index contributed by atoms with van der Waals surface area (Å²) < 4.78 is 37.4. The maximum atomic E-state index is 12.7. The second kappa shape index (κ2) is 28.8. The van der Waals surface area contributed by atoms with Crippen molar-refractivity contribution in [1.82, 2.24) is 0 Å². The largest absolute Gasteiger partial charge is 0.492 e. The molecule has 0 aromatic heterocycles. The zero-order valence-corrected chi connectivity index (χ0v) is 41.3. The lowest BCUT2D eigenvalue weighted by Crippen LogP contribution is -2.44. The Hall–Kier alpha value is -5.46. The standard InChI is InChI=1S/C55H76O13/c1-8-9-10-12-40-16-22-43(23-17-40)44-24-18-41(19-25-44)14-15-42-20-26-45(27-21-42)46-28-29-48(47(31-46)13-11-30-64-53(60)38(2)3)65-34-55(37-68-54(61)39(4)5,35-66-51(58)32-49(56)62-6)36-67-52(59)33-50(57)63-7/h20-21,26-29,31,40-41,43-44H,2,4,8-19,22-25,30,32-37H2,1,3,5-7H3. The molecule has 0 amide bonds. The first-order valence-electron chi connectivity index (χ1n) is 24.6. The molecule has 2 fully saturated rings. The molecule has 0 spiro atoms. The summed E-state index contributed by atoms with van der Waals surface area (Å²) >= 11 is 0. The highest BCUT2D eigenvalue weighted by atomic mass is 16.6. The molecule has 0 bridgehead atoms. The van der Waals surface area contributed by atoms with Crippen LogP contribution in [0.4, 0.5) is 0 Å². The van der Waals surface area contributed by atoms with Crippen LogP contribution in [0.15, 0.2) is 66.8 Å². The smallest absolute Gasteiger partial charge is 0.333 e. The van der Waals surface area contributed by atoms with Gasteiger partial charge >= 0.3 is 35.8 Å². The lowest BCUT2D eigenvalue weighted by Gasteiger charge is -2.38. The van der Waals surface area contributed by atoms with Crippen molar-refractivity contribution in [3.8, 4) is 16.9 Å². The molecule has 4 rings (SSSR count). The highest BCUT2D eigenvalue weighted by Crippen LogP contribution is 2.43. The van der Waals surface area contributed by atoms with Gasteiger partial charge in [0, 0.05) is 11.1 Å². The molecule has 2 aromatic rings. The van der Waals surface area contributed by atoms with Gasteiger partial charge < -0.3 is 33.2 Å². The summed E-state index contributed by atoms with van der Waals surface area (Å²) in [6, 6.07) is 14.4. The Balaban J connectivity index is 1.48. The molecule has 2 aliphatic rings. The SMILES string of the molecule is C=C(C)C(=O)OCCCc1cc(-c2ccc(CCC3CCC(C4CCC(CCCCC)CC4)CC3)cc2)ccc1OCC(COC(=O)CC(=O)OC)(COC(=O)CC(=O)OC)COC(=O)C(=C)C. The number of benzene rings is 2. The summed E-state index contributed by atoms with van der Waals surface area (Å²) in [6.45, 7) is 10.8. The van der Waals surface area contributed by atoms with Gasteiger partial charge in [0.05, 0.1) is 20.8 Å². The van der Waals surface area contributed by atoms with E-state index < -0.39 is 73.9 Å². The first-order valence-corrected chi connectivity index (χ1v) is 24.6. The molecule has 0 saturated heterocycles. The fraction of sp³-hybridized carbons (Fsp3) is 0.600. The first-order chi connectivity index (χ1) is 32.6. The predicted octanol–water partition coefficient (Wildman–Crippen LogP) is 10.2. The molecule has 2 aromatic carbocycles. The van der Waals surface area contributed by atoms with Gasteiger partial charge in [0.25, 0.3) is 0 Å². The summed E-state index contributed by atoms with van der Waals surface area (Å²) in [4.78, 5) is 73.9. The Labute approximate surface area is 404 Å². The quantitative estimate of drug-likeness (QED) is 0.0260. The molecule has 0 atom stereocenters. The van der Waals surface area contributed by atoms with E-state index in [1.54, 1.807) is 13.0 Å². The van der Waals surface area contributed by atoms with E-state index in [4.69, 9.17) is 23.7 Å². The number of rotatable bonds is 28. The van der Waals surface area contributed by atoms with Crippen molar-refractivity contribution < 1.29 is 61.9 Å². The molecular formula is C55H76O13. The third-order valence-electron chi connectivity index (χ3n) is 13.5. The first kappa shape index (κ1) is 55.1. The monoisotopic (exact) mass is 945 g/mol. The maximum Gasteiger partial charge on any atom is 0.333 e. The third-order valence-corrected chi connectivity index (χ3v) is 13.5. The van der Waals surface area contributed by atoms with Crippen LogP contribution in [0.2, 0.25) is 0 Å². The van der Waals surface area contributed by atoms with E-state index in [9.17, 15) is 28.8 Å². The number of carbonyl (C=O) groups is 6. The zero-order chi connectivity index (χ0) is 49.5. The van der Waals surface area contributed by atoms with Crippen LogP contribution in [0.1, 0.15) is 135 Å². The second-order valence-corrected chi connectivity index (χ2v) is 19.1. The minimum atomic E-state index is -1.54. The summed E-state index contributed by atoms with van der Waals surface area (Å²) in [6.07, 6.45) is 18.4. The van der Waals surface area contributed by atoms with E-state index in [2.05, 4.69) is 53.8 Å². The van der Waals surface area contributed by atoms with Crippen LogP contribution in [0.5, 0.6) is 5.75 Å². The summed E-state index contributed by atoms with van der Waals surface area (Å²) in [5.41, 5.74) is 2.83. The highest BCUT2D eigenvalue weighted by molar-refractivity contribution is 5.91. The van der Waals surface area contributed by atoms with E-state index in [0.29, 0.717) is 18.6 Å². The number of aryl methyl sites for hydroxylation is 2. The minimum Gasteiger partial charge on any atom is -0.492 e. The van der Waals surface area contributed by atoms with E-state index >= 15 is 0 Å². The number of hydrogen-bond acceptors (Lipinski definition) is 13. The normalized spacial score (nSPS) is 18.1. The highest BCUT2D eigenvalue weighted by Gasteiger charge is 2.38. The molecule has 2 saturated carbocycles. The Morgan fingerprint density at radius 2 is 1.09 bits per heavy atom. The predicted molar refractivity (Wildman–Crippen MR) is 258 cm³/mol. The molecule has 13 nitrogen and oxygen atoms in total. The van der Waals surface area contributed by atoms with Crippen molar-refractivity contribution >= 4 is 35.8 Å². The lowest BCUT2D eigenvalue weighted by atomic mass is 9.68. The van der Waals surface area contributed by atoms with Crippen LogP contribution in [0, 0.1) is 29.1 Å². The van der Waals surface area contributed by atoms with E-state index in [1.165, 1.54) is 96.0 Å². The summed E-state index contributed by atoms with van der Waals surface area (Å²) in [7, 11) is 2.25. The Morgan fingerprint density at radius 1 is 0.574 bits per heavy atom. The van der Waals surface area contributed by atoms with Crippen LogP contribution in [-0.4, -0.2) is 83.1 Å². The van der Waals surface area contributed by atoms with Crippen molar-refractivity contribution in [2.75, 3.05) is 47.3 Å². The van der Waals surface area contributed by atoms with Crippen LogP contribution in [0.3, 0.4) is 0 Å². The van der Waals surface area contributed by atoms with Crippen LogP contribution in [-0.2, 0) is 70.0 Å². The number of esters is 6. The van der Waals surface area contributed by atoms with Crippen LogP contribution < -0.4 is 4.74 Å². The Morgan fingerprint density at radius 3 is 1.62 bits per heavy atom. The van der Waals surface area contributed by atoms with E-state index in [-0.39, 0.29) is 24.4 Å². The van der Waals surface area contributed by atoms with Crippen LogP contribution in [0.25, 0.3) is 11.1 Å². The average molecular weight is 945 g/mol. The molecule has 13 heteroatoms. The molecule has 68 heavy (non-hydrogen) atoms. The number of ether oxygens (including phenoxy) is 7. The van der Waals surface area contributed by atoms with E-state index in [0.717, 1.165) is 61.0 Å². The lowest BCUT2D eigenvalue weighted by molar-refractivity contribution is -0.165. The molecule has 0 radical (unpaired) electrons. The van der Waals surface area contributed by atoms with Crippen molar-refractivity contribution in [1.29, 1.82) is 0 Å². The fourth-order valence-electron chi connectivity index (χ4n) is 9.23. The second-order valence-electron chi connectivity index (χ2n) is 19.1. The molecule has 374 valence electrons. The third kappa shape index (κ3) is 18.9. The minimum absolute atomic E-state index is 0.0845. The van der Waals surface area contributed by atoms with Gasteiger partial charge in [0.2, 0.25) is 0 Å². The van der Waals surface area contributed by atoms with E-state index in [1.807, 2.05) is 12.1 Å². The molecular weight excluding hydrogens is 869 g/mol. The molecule has 0 heterocycles. The summed E-state index contributed by atoms with van der Waals surface area (Å²) in [5.74, 6) is -0.822. The topological polar surface area (TPSA) is 167 Å². The van der Waals surface area contributed by atoms with Gasteiger partial charge in [-0.3, -0.25) is 19.2 Å². The number of unbranched alkanes of at least 4 members (excludes halogenated alkanes) is 2. The van der Waals surface area contributed by atoms with Gasteiger partial charge in [-0.25, -0.2) is 9.59 Å². The van der Waals surface area contributed by atoms with Crippen molar-refractivity contribution in [2.45, 2.75) is 136 Å². The van der Waals surface area contributed by atoms with Crippen molar-refractivity contribution in [2.24, 2.45) is 29.1 Å². The van der Waals surface area contributed by atoms with Gasteiger partial charge in [-0.15, -0.1) is 0 Å². The molecule has 0 unspecified atom stereocenters. The number of carbonyl (C=O) groups excluding carboxylic acids is 6. The summed E-state index contributed by atoms with van der Waals surface area (Å²) in [5, 5.41) is 0. The average Bonchev–Trinajstić information content (AvgIpc) is 3.34. The van der Waals surface area contributed by atoms with Gasteiger partial charge in [-0.1, -0.05) is 102 Å². The van der Waals surface area contributed by atoms with Crippen LogP contribution >= 0.6 is 0 Å². The zero-order valence-electron chi connectivity index (χ0n) is 41.3. The number of methoxy groups -OCH3 is 2. The van der Waals surface area contributed by atoms with Gasteiger partial charge in [0.1, 0.15) is 50.4 Å². The van der Waals surface area contributed by atoms with Crippen molar-refractivity contribution in [3.63, 3.8) is 0 Å². The maximum absolute atomic E-state index is 12.7. The van der Waals surface area contributed by atoms with Crippen molar-refractivity contribution in [3.05, 3.63) is 77.9 Å². The van der Waals surface area contributed by atoms with Gasteiger partial charge in [0.15, 0.2) is 0 Å². The fourth-order valence-corrected chi connectivity index (χ4v) is 9.23. The number of hydrogen-bond donors (Lipinski definition) is 0. The van der Waals surface area contributed by atoms with Gasteiger partial charge in [-0.2, -0.15) is 0 Å². The Bertz CT molecular complexity index is 1950. The molecule has 2 aliphatic carbocycles. The molecule has 0 N–H and O–H groups in total. The molecule has 0 aliphatic heterocycles.